The minimum absolute atomic E-state index is 0.0103. The van der Waals surface area contributed by atoms with Crippen LogP contribution in [0.2, 0.25) is 0 Å². The van der Waals surface area contributed by atoms with Crippen LogP contribution in [0.25, 0.3) is 0 Å². The molecule has 3 aromatic rings. The van der Waals surface area contributed by atoms with Crippen LogP contribution in [-0.4, -0.2) is 97.2 Å². The highest BCUT2D eigenvalue weighted by Crippen LogP contribution is 2.42. The van der Waals surface area contributed by atoms with Gasteiger partial charge >= 0.3 is 5.97 Å². The molecule has 2 heterocycles. The molecule has 0 aromatic heterocycles. The monoisotopic (exact) mass is 780 g/mol. The number of carbonyl (C=O) groups excluding carboxylic acids is 1. The van der Waals surface area contributed by atoms with Gasteiger partial charge in [0.1, 0.15) is 12.4 Å². The largest absolute Gasteiger partial charge is 0.490 e. The Hall–Kier alpha value is -3.52. The fourth-order valence-corrected chi connectivity index (χ4v) is 9.24. The lowest BCUT2D eigenvalue weighted by Crippen LogP contribution is -2.54. The van der Waals surface area contributed by atoms with Crippen molar-refractivity contribution in [3.63, 3.8) is 0 Å². The third-order valence-electron chi connectivity index (χ3n) is 10.6. The summed E-state index contributed by atoms with van der Waals surface area (Å²) in [4.78, 5) is 15.5. The zero-order valence-corrected chi connectivity index (χ0v) is 34.4. The van der Waals surface area contributed by atoms with Crippen LogP contribution in [0.5, 0.6) is 5.75 Å². The number of aryl methyl sites for hydroxylation is 1. The van der Waals surface area contributed by atoms with Crippen molar-refractivity contribution in [2.24, 2.45) is 5.41 Å². The number of rotatable bonds is 19. The van der Waals surface area contributed by atoms with E-state index in [1.807, 2.05) is 58.9 Å². The zero-order chi connectivity index (χ0) is 39.6. The molecular weight excluding hydrogens is 721 g/mol. The second-order valence-corrected chi connectivity index (χ2v) is 17.2. The molecule has 1 fully saturated rings. The first-order chi connectivity index (χ1) is 26.4. The molecule has 4 atom stereocenters. The van der Waals surface area contributed by atoms with E-state index in [0.29, 0.717) is 39.5 Å². The number of esters is 1. The summed E-state index contributed by atoms with van der Waals surface area (Å²) in [5.74, 6) is 0.291. The fraction of sp³-hybridized carbons (Fsp3) is 0.558. The molecule has 2 aliphatic heterocycles. The van der Waals surface area contributed by atoms with Gasteiger partial charge in [-0.2, -0.15) is 4.31 Å². The lowest BCUT2D eigenvalue weighted by atomic mass is 9.77. The molecule has 0 N–H and O–H groups in total. The van der Waals surface area contributed by atoms with Gasteiger partial charge in [-0.25, -0.2) is 8.42 Å². The number of benzene rings is 3. The van der Waals surface area contributed by atoms with Gasteiger partial charge in [0.15, 0.2) is 0 Å². The van der Waals surface area contributed by atoms with Crippen LogP contribution in [0.15, 0.2) is 71.6 Å². The molecule has 2 aliphatic rings. The van der Waals surface area contributed by atoms with Gasteiger partial charge in [0, 0.05) is 45.4 Å². The van der Waals surface area contributed by atoms with Gasteiger partial charge < -0.3 is 33.3 Å². The van der Waals surface area contributed by atoms with Gasteiger partial charge in [0.2, 0.25) is 10.0 Å². The van der Waals surface area contributed by atoms with Crippen LogP contribution >= 0.6 is 0 Å². The minimum atomic E-state index is -3.97. The first kappa shape index (κ1) is 42.6. The molecule has 3 aromatic carbocycles. The van der Waals surface area contributed by atoms with E-state index in [2.05, 4.69) is 35.2 Å². The summed E-state index contributed by atoms with van der Waals surface area (Å²) in [6, 6.07) is 20.8. The molecule has 0 unspecified atom stereocenters. The van der Waals surface area contributed by atoms with Gasteiger partial charge in [-0.15, -0.1) is 0 Å². The Balaban J connectivity index is 1.46. The molecule has 0 aliphatic carbocycles. The summed E-state index contributed by atoms with van der Waals surface area (Å²) in [6.07, 6.45) is 1.15. The van der Waals surface area contributed by atoms with E-state index < -0.39 is 27.6 Å². The second-order valence-electron chi connectivity index (χ2n) is 15.3. The number of ether oxygens (including phenoxy) is 6. The Kier molecular flexibility index (Phi) is 15.2. The maximum atomic E-state index is 14.5. The van der Waals surface area contributed by atoms with Gasteiger partial charge in [-0.1, -0.05) is 48.0 Å². The Morgan fingerprint density at radius 2 is 1.73 bits per heavy atom. The Morgan fingerprint density at radius 1 is 1.00 bits per heavy atom. The minimum Gasteiger partial charge on any atom is -0.490 e. The van der Waals surface area contributed by atoms with Crippen molar-refractivity contribution in [3.8, 4) is 5.75 Å². The van der Waals surface area contributed by atoms with Crippen LogP contribution in [-0.2, 0) is 51.7 Å². The van der Waals surface area contributed by atoms with Crippen LogP contribution in [0.1, 0.15) is 75.1 Å². The highest BCUT2D eigenvalue weighted by molar-refractivity contribution is 7.89. The average molecular weight is 781 g/mol. The standard InChI is InChI=1S/C43H60N2O9S/c1-8-52-32(3)28-51-29-33-12-15-35(16-13-33)38-25-36(26-43(4,5)42(46)50-7)45(55(47,48)37-17-10-31(2)11-18-37)27-41(38)54-30-34-14-19-40-39(24-34)44(21-23-53-40)20-9-22-49-6/h10-19,24,32,36,38,41H,8-9,20-23,25-30H2,1-7H3/t32-,36-,38-,41+/m1/s1. The second kappa shape index (κ2) is 19.6. The van der Waals surface area contributed by atoms with Gasteiger partial charge in [0.25, 0.3) is 0 Å². The maximum Gasteiger partial charge on any atom is 0.311 e. The molecule has 0 radical (unpaired) electrons. The molecule has 11 nitrogen and oxygen atoms in total. The highest BCUT2D eigenvalue weighted by Gasteiger charge is 2.46. The summed E-state index contributed by atoms with van der Waals surface area (Å²) in [6.45, 7) is 14.4. The predicted molar refractivity (Wildman–Crippen MR) is 213 cm³/mol. The summed E-state index contributed by atoms with van der Waals surface area (Å²) in [7, 11) is -0.891. The molecule has 302 valence electrons. The van der Waals surface area contributed by atoms with E-state index in [4.69, 9.17) is 28.4 Å². The van der Waals surface area contributed by atoms with Crippen LogP contribution in [0, 0.1) is 12.3 Å². The topological polar surface area (TPSA) is 113 Å². The normalized spacial score (nSPS) is 19.8. The van der Waals surface area contributed by atoms with E-state index in [1.54, 1.807) is 23.5 Å². The fourth-order valence-electron chi connectivity index (χ4n) is 7.59. The van der Waals surface area contributed by atoms with E-state index >= 15 is 0 Å². The van der Waals surface area contributed by atoms with E-state index in [1.165, 1.54) is 7.11 Å². The van der Waals surface area contributed by atoms with Crippen molar-refractivity contribution in [1.82, 2.24) is 4.31 Å². The number of sulfonamides is 1. The third kappa shape index (κ3) is 11.1. The Labute approximate surface area is 328 Å². The van der Waals surface area contributed by atoms with Crippen molar-refractivity contribution < 1.29 is 41.6 Å². The number of hydrogen-bond acceptors (Lipinski definition) is 10. The van der Waals surface area contributed by atoms with Crippen molar-refractivity contribution in [2.45, 2.75) is 96.2 Å². The molecule has 0 bridgehead atoms. The van der Waals surface area contributed by atoms with E-state index in [0.717, 1.165) is 53.2 Å². The van der Waals surface area contributed by atoms with Crippen molar-refractivity contribution in [1.29, 1.82) is 0 Å². The molecule has 1 saturated heterocycles. The molecule has 55 heavy (non-hydrogen) atoms. The third-order valence-corrected chi connectivity index (χ3v) is 12.5. The number of methoxy groups -OCH3 is 2. The number of carbonyl (C=O) groups is 1. The summed E-state index contributed by atoms with van der Waals surface area (Å²) in [5, 5.41) is 0. The lowest BCUT2D eigenvalue weighted by molar-refractivity contribution is -0.152. The smallest absolute Gasteiger partial charge is 0.311 e. The quantitative estimate of drug-likeness (QED) is 0.0942. The number of nitrogens with zero attached hydrogens (tertiary/aromatic N) is 2. The SMILES string of the molecule is CCO[C@H](C)COCc1ccc([C@H]2C[C@H](CC(C)(C)C(=O)OC)N(S(=O)(=O)c3ccc(C)cc3)C[C@@H]2OCc2ccc3c(c2)N(CCCOC)CCO3)cc1. The Morgan fingerprint density at radius 3 is 2.42 bits per heavy atom. The molecule has 5 rings (SSSR count). The Bertz CT molecular complexity index is 1780. The number of anilines is 1. The summed E-state index contributed by atoms with van der Waals surface area (Å²) >= 11 is 0. The van der Waals surface area contributed by atoms with Gasteiger partial charge in [0.05, 0.1) is 61.7 Å². The lowest BCUT2D eigenvalue weighted by Gasteiger charge is -2.45. The number of piperidine rings is 1. The molecule has 0 saturated carbocycles. The number of hydrogen-bond donors (Lipinski definition) is 0. The predicted octanol–water partition coefficient (Wildman–Crippen LogP) is 6.89. The van der Waals surface area contributed by atoms with Crippen LogP contribution < -0.4 is 9.64 Å². The summed E-state index contributed by atoms with van der Waals surface area (Å²) < 4.78 is 65.4. The summed E-state index contributed by atoms with van der Waals surface area (Å²) in [5.41, 5.74) is 4.08. The molecule has 0 spiro atoms. The van der Waals surface area contributed by atoms with Crippen molar-refractivity contribution in [2.75, 3.05) is 65.2 Å². The van der Waals surface area contributed by atoms with E-state index in [9.17, 15) is 13.2 Å². The molecular formula is C43H60N2O9S. The van der Waals surface area contributed by atoms with Crippen molar-refractivity contribution >= 4 is 21.7 Å². The average Bonchev–Trinajstić information content (AvgIpc) is 3.17. The number of fused-ring (bicyclic) bond motifs is 1. The molecule has 12 heteroatoms. The maximum absolute atomic E-state index is 14.5. The first-order valence-corrected chi connectivity index (χ1v) is 20.9. The molecule has 0 amide bonds. The first-order valence-electron chi connectivity index (χ1n) is 19.4. The van der Waals surface area contributed by atoms with Gasteiger partial charge in [-0.3, -0.25) is 4.79 Å². The van der Waals surface area contributed by atoms with Crippen molar-refractivity contribution in [3.05, 3.63) is 89.0 Å². The van der Waals surface area contributed by atoms with E-state index in [-0.39, 0.29) is 42.5 Å². The highest BCUT2D eigenvalue weighted by atomic mass is 32.2. The van der Waals surface area contributed by atoms with Crippen LogP contribution in [0.3, 0.4) is 0 Å². The van der Waals surface area contributed by atoms with Crippen LogP contribution in [0.4, 0.5) is 5.69 Å². The van der Waals surface area contributed by atoms with Gasteiger partial charge in [-0.05, 0) is 94.8 Å². The zero-order valence-electron chi connectivity index (χ0n) is 33.6.